The Morgan fingerprint density at radius 1 is 1.42 bits per heavy atom. The summed E-state index contributed by atoms with van der Waals surface area (Å²) in [7, 11) is 0. The topological polar surface area (TPSA) is 55.0 Å². The lowest BCUT2D eigenvalue weighted by Crippen LogP contribution is -2.31. The summed E-state index contributed by atoms with van der Waals surface area (Å²) in [5.41, 5.74) is 0.119. The second-order valence-corrected chi connectivity index (χ2v) is 6.08. The molecule has 1 heterocycles. The van der Waals surface area contributed by atoms with Gasteiger partial charge in [-0.2, -0.15) is 0 Å². The number of hydrogen-bond acceptors (Lipinski definition) is 3. The van der Waals surface area contributed by atoms with Crippen LogP contribution < -0.4 is 5.56 Å². The molecule has 4 nitrogen and oxygen atoms in total. The second-order valence-electron chi connectivity index (χ2n) is 5.29. The van der Waals surface area contributed by atoms with Crippen molar-refractivity contribution in [2.45, 2.75) is 53.1 Å². The molecule has 0 bridgehead atoms. The van der Waals surface area contributed by atoms with Gasteiger partial charge in [0.15, 0.2) is 0 Å². The lowest BCUT2D eigenvalue weighted by atomic mass is 10.0. The van der Waals surface area contributed by atoms with Crippen molar-refractivity contribution in [3.05, 3.63) is 26.3 Å². The van der Waals surface area contributed by atoms with Gasteiger partial charge in [0.1, 0.15) is 15.9 Å². The average Bonchev–Trinajstić information content (AvgIpc) is 2.34. The molecule has 1 rings (SSSR count). The molecule has 108 valence electrons. The van der Waals surface area contributed by atoms with Crippen LogP contribution in [0.4, 0.5) is 0 Å². The van der Waals surface area contributed by atoms with E-state index in [0.717, 1.165) is 18.5 Å². The molecule has 0 spiro atoms. The number of nitrogens with one attached hydrogen (secondary N) is 1. The monoisotopic (exact) mass is 330 g/mol. The van der Waals surface area contributed by atoms with Gasteiger partial charge in [-0.15, -0.1) is 0 Å². The minimum Gasteiger partial charge on any atom is -0.368 e. The highest BCUT2D eigenvalue weighted by molar-refractivity contribution is 9.10. The van der Waals surface area contributed by atoms with Crippen LogP contribution in [0.5, 0.6) is 0 Å². The van der Waals surface area contributed by atoms with E-state index in [0.29, 0.717) is 22.8 Å². The van der Waals surface area contributed by atoms with E-state index in [1.165, 1.54) is 0 Å². The maximum atomic E-state index is 12.0. The van der Waals surface area contributed by atoms with Gasteiger partial charge in [0, 0.05) is 6.61 Å². The average molecular weight is 331 g/mol. The van der Waals surface area contributed by atoms with E-state index in [4.69, 9.17) is 4.74 Å². The van der Waals surface area contributed by atoms with Gasteiger partial charge in [0.25, 0.3) is 5.56 Å². The van der Waals surface area contributed by atoms with Crippen LogP contribution in [-0.4, -0.2) is 16.6 Å². The summed E-state index contributed by atoms with van der Waals surface area (Å²) in [6.07, 6.45) is 1.52. The Bertz CT molecular complexity index is 485. The molecule has 0 aliphatic carbocycles. The zero-order valence-corrected chi connectivity index (χ0v) is 13.9. The molecule has 0 fully saturated rings. The molecule has 1 aromatic rings. The Hall–Kier alpha value is -0.680. The molecule has 0 aliphatic rings. The first kappa shape index (κ1) is 16.4. The van der Waals surface area contributed by atoms with Crippen molar-refractivity contribution in [1.82, 2.24) is 9.97 Å². The lowest BCUT2D eigenvalue weighted by Gasteiger charge is -2.27. The van der Waals surface area contributed by atoms with Crippen LogP contribution in [0.1, 0.15) is 52.6 Å². The molecule has 1 N–H and O–H groups in total. The molecule has 19 heavy (non-hydrogen) atoms. The van der Waals surface area contributed by atoms with Crippen LogP contribution in [0.3, 0.4) is 0 Å². The van der Waals surface area contributed by atoms with Crippen molar-refractivity contribution in [3.8, 4) is 0 Å². The fourth-order valence-corrected chi connectivity index (χ4v) is 2.28. The van der Waals surface area contributed by atoms with E-state index in [1.807, 2.05) is 20.8 Å². The predicted octanol–water partition coefficient (Wildman–Crippen LogP) is 3.39. The highest BCUT2D eigenvalue weighted by Crippen LogP contribution is 2.26. The van der Waals surface area contributed by atoms with Crippen LogP contribution in [0.25, 0.3) is 0 Å². The number of halogens is 1. The minimum atomic E-state index is -0.541. The first-order valence-electron chi connectivity index (χ1n) is 6.77. The Morgan fingerprint density at radius 3 is 2.53 bits per heavy atom. The standard InChI is InChI=1S/C14H23BrN2O2/c1-6-14(5,19-7-2)13-16-10(8-9(3)4)11(15)12(18)17-13/h9H,6-8H2,1-5H3,(H,16,17,18). The number of rotatable bonds is 6. The van der Waals surface area contributed by atoms with Crippen LogP contribution in [-0.2, 0) is 16.8 Å². The van der Waals surface area contributed by atoms with Gasteiger partial charge in [-0.05, 0) is 48.5 Å². The van der Waals surface area contributed by atoms with Crippen molar-refractivity contribution < 1.29 is 4.74 Å². The van der Waals surface area contributed by atoms with E-state index in [2.05, 4.69) is 39.7 Å². The fourth-order valence-electron chi connectivity index (χ4n) is 1.93. The maximum Gasteiger partial charge on any atom is 0.265 e. The summed E-state index contributed by atoms with van der Waals surface area (Å²) in [6.45, 7) is 10.7. The molecule has 5 heteroatoms. The van der Waals surface area contributed by atoms with E-state index >= 15 is 0 Å². The van der Waals surface area contributed by atoms with E-state index < -0.39 is 5.60 Å². The third-order valence-corrected chi connectivity index (χ3v) is 3.99. The van der Waals surface area contributed by atoms with Crippen molar-refractivity contribution >= 4 is 15.9 Å². The van der Waals surface area contributed by atoms with Gasteiger partial charge in [0.2, 0.25) is 0 Å². The molecular formula is C14H23BrN2O2. The first-order chi connectivity index (χ1) is 8.84. The Morgan fingerprint density at radius 2 is 2.05 bits per heavy atom. The van der Waals surface area contributed by atoms with Gasteiger partial charge in [-0.3, -0.25) is 4.79 Å². The van der Waals surface area contributed by atoms with E-state index in [-0.39, 0.29) is 5.56 Å². The summed E-state index contributed by atoms with van der Waals surface area (Å²) >= 11 is 3.32. The molecule has 0 saturated carbocycles. The number of aromatic amines is 1. The van der Waals surface area contributed by atoms with Crippen molar-refractivity contribution in [3.63, 3.8) is 0 Å². The minimum absolute atomic E-state index is 0.139. The Balaban J connectivity index is 3.29. The highest BCUT2D eigenvalue weighted by Gasteiger charge is 2.29. The SMILES string of the molecule is CCOC(C)(CC)c1nc(CC(C)C)c(Br)c(=O)[nH]1. The van der Waals surface area contributed by atoms with Gasteiger partial charge >= 0.3 is 0 Å². The first-order valence-corrected chi connectivity index (χ1v) is 7.56. The van der Waals surface area contributed by atoms with E-state index in [1.54, 1.807) is 0 Å². The Kier molecular flexibility index (Phi) is 5.74. The Labute approximate surface area is 123 Å². The lowest BCUT2D eigenvalue weighted by molar-refractivity contribution is -0.0394. The molecular weight excluding hydrogens is 308 g/mol. The number of hydrogen-bond donors (Lipinski definition) is 1. The molecule has 0 saturated heterocycles. The van der Waals surface area contributed by atoms with Crippen LogP contribution in [0.15, 0.2) is 9.27 Å². The molecule has 0 aliphatic heterocycles. The number of ether oxygens (including phenoxy) is 1. The third kappa shape index (κ3) is 3.89. The quantitative estimate of drug-likeness (QED) is 0.869. The van der Waals surface area contributed by atoms with Gasteiger partial charge in [-0.25, -0.2) is 4.98 Å². The smallest absolute Gasteiger partial charge is 0.265 e. The maximum absolute atomic E-state index is 12.0. The van der Waals surface area contributed by atoms with Gasteiger partial charge < -0.3 is 9.72 Å². The molecule has 0 aromatic carbocycles. The van der Waals surface area contributed by atoms with Gasteiger partial charge in [0.05, 0.1) is 5.69 Å². The van der Waals surface area contributed by atoms with Crippen LogP contribution in [0.2, 0.25) is 0 Å². The summed E-state index contributed by atoms with van der Waals surface area (Å²) in [5, 5.41) is 0. The number of H-pyrrole nitrogens is 1. The van der Waals surface area contributed by atoms with Crippen molar-refractivity contribution in [2.24, 2.45) is 5.92 Å². The molecule has 0 radical (unpaired) electrons. The summed E-state index contributed by atoms with van der Waals surface area (Å²) in [4.78, 5) is 19.4. The summed E-state index contributed by atoms with van der Waals surface area (Å²) in [6, 6.07) is 0. The zero-order chi connectivity index (χ0) is 14.6. The van der Waals surface area contributed by atoms with Gasteiger partial charge in [-0.1, -0.05) is 20.8 Å². The number of aromatic nitrogens is 2. The van der Waals surface area contributed by atoms with E-state index in [9.17, 15) is 4.79 Å². The molecule has 1 unspecified atom stereocenters. The zero-order valence-electron chi connectivity index (χ0n) is 12.3. The van der Waals surface area contributed by atoms with Crippen LogP contribution >= 0.6 is 15.9 Å². The van der Waals surface area contributed by atoms with Crippen LogP contribution in [0, 0.1) is 5.92 Å². The largest absolute Gasteiger partial charge is 0.368 e. The summed E-state index contributed by atoms with van der Waals surface area (Å²) < 4.78 is 6.30. The van der Waals surface area contributed by atoms with Crippen molar-refractivity contribution in [1.29, 1.82) is 0 Å². The fraction of sp³-hybridized carbons (Fsp3) is 0.714. The second kappa shape index (κ2) is 6.66. The predicted molar refractivity (Wildman–Crippen MR) is 80.4 cm³/mol. The number of nitrogens with zero attached hydrogens (tertiary/aromatic N) is 1. The molecule has 0 amide bonds. The third-order valence-electron chi connectivity index (χ3n) is 3.17. The molecule has 1 aromatic heterocycles. The highest BCUT2D eigenvalue weighted by atomic mass is 79.9. The molecule has 1 atom stereocenters. The van der Waals surface area contributed by atoms with Crippen molar-refractivity contribution in [2.75, 3.05) is 6.61 Å². The summed E-state index contributed by atoms with van der Waals surface area (Å²) in [5.74, 6) is 1.05. The normalized spacial score (nSPS) is 14.7.